The second-order valence-electron chi connectivity index (χ2n) is 5.43. The van der Waals surface area contributed by atoms with Crippen LogP contribution in [0.4, 0.5) is 0 Å². The van der Waals surface area contributed by atoms with Crippen molar-refractivity contribution >= 4 is 0 Å². The predicted molar refractivity (Wildman–Crippen MR) is 63.2 cm³/mol. The molecule has 4 heteroatoms. The van der Waals surface area contributed by atoms with E-state index in [0.717, 1.165) is 52.0 Å². The van der Waals surface area contributed by atoms with Crippen molar-refractivity contribution in [2.24, 2.45) is 11.1 Å². The van der Waals surface area contributed by atoms with E-state index in [0.29, 0.717) is 6.54 Å². The number of likely N-dealkylation sites (tertiary alicyclic amines) is 1. The van der Waals surface area contributed by atoms with Crippen molar-refractivity contribution in [1.82, 2.24) is 4.90 Å². The van der Waals surface area contributed by atoms with Crippen LogP contribution < -0.4 is 5.73 Å². The molecule has 0 aromatic carbocycles. The SMILES string of the molecule is CN1CCC(O)(C2(CN)CCOCC2)CC1. The van der Waals surface area contributed by atoms with E-state index < -0.39 is 5.60 Å². The zero-order chi connectivity index (χ0) is 11.6. The second-order valence-corrected chi connectivity index (χ2v) is 5.43. The fourth-order valence-corrected chi connectivity index (χ4v) is 3.14. The molecule has 4 nitrogen and oxygen atoms in total. The highest BCUT2D eigenvalue weighted by Gasteiger charge is 2.50. The van der Waals surface area contributed by atoms with Gasteiger partial charge in [-0.15, -0.1) is 0 Å². The van der Waals surface area contributed by atoms with Crippen LogP contribution >= 0.6 is 0 Å². The Morgan fingerprint density at radius 3 is 2.25 bits per heavy atom. The third-order valence-electron chi connectivity index (χ3n) is 4.64. The lowest BCUT2D eigenvalue weighted by Crippen LogP contribution is -2.59. The molecule has 2 aliphatic rings. The van der Waals surface area contributed by atoms with E-state index >= 15 is 0 Å². The number of nitrogens with two attached hydrogens (primary N) is 1. The molecule has 0 radical (unpaired) electrons. The summed E-state index contributed by atoms with van der Waals surface area (Å²) in [5, 5.41) is 10.9. The number of hydrogen-bond donors (Lipinski definition) is 2. The average Bonchev–Trinajstić information content (AvgIpc) is 2.34. The van der Waals surface area contributed by atoms with E-state index in [9.17, 15) is 5.11 Å². The fourth-order valence-electron chi connectivity index (χ4n) is 3.14. The normalized spacial score (nSPS) is 30.2. The molecule has 0 unspecified atom stereocenters. The van der Waals surface area contributed by atoms with Crippen molar-refractivity contribution in [3.05, 3.63) is 0 Å². The van der Waals surface area contributed by atoms with E-state index in [1.54, 1.807) is 0 Å². The molecule has 0 aromatic rings. The zero-order valence-electron chi connectivity index (χ0n) is 10.2. The van der Waals surface area contributed by atoms with Crippen molar-refractivity contribution in [3.8, 4) is 0 Å². The topological polar surface area (TPSA) is 58.7 Å². The van der Waals surface area contributed by atoms with Gasteiger partial charge >= 0.3 is 0 Å². The quantitative estimate of drug-likeness (QED) is 0.709. The first kappa shape index (κ1) is 12.3. The van der Waals surface area contributed by atoms with Gasteiger partial charge in [0, 0.05) is 38.3 Å². The van der Waals surface area contributed by atoms with Crippen molar-refractivity contribution in [1.29, 1.82) is 0 Å². The van der Waals surface area contributed by atoms with Crippen LogP contribution in [0.3, 0.4) is 0 Å². The van der Waals surface area contributed by atoms with Gasteiger partial charge in [-0.2, -0.15) is 0 Å². The molecule has 0 aliphatic carbocycles. The van der Waals surface area contributed by atoms with Gasteiger partial charge in [0.1, 0.15) is 0 Å². The molecule has 0 amide bonds. The Kier molecular flexibility index (Phi) is 3.54. The van der Waals surface area contributed by atoms with Crippen LogP contribution in [0.5, 0.6) is 0 Å². The molecular formula is C12H24N2O2. The summed E-state index contributed by atoms with van der Waals surface area (Å²) in [5.41, 5.74) is 5.28. The highest BCUT2D eigenvalue weighted by atomic mass is 16.5. The summed E-state index contributed by atoms with van der Waals surface area (Å²) in [6.45, 7) is 4.01. The van der Waals surface area contributed by atoms with Crippen LogP contribution in [0.15, 0.2) is 0 Å². The van der Waals surface area contributed by atoms with Gasteiger partial charge in [0.05, 0.1) is 5.60 Å². The molecule has 2 aliphatic heterocycles. The fraction of sp³-hybridized carbons (Fsp3) is 1.00. The minimum Gasteiger partial charge on any atom is -0.389 e. The van der Waals surface area contributed by atoms with Crippen LogP contribution in [0.25, 0.3) is 0 Å². The van der Waals surface area contributed by atoms with Crippen molar-refractivity contribution in [3.63, 3.8) is 0 Å². The Morgan fingerprint density at radius 2 is 1.75 bits per heavy atom. The number of piperidine rings is 1. The minimum atomic E-state index is -0.571. The maximum Gasteiger partial charge on any atom is 0.0741 e. The van der Waals surface area contributed by atoms with Crippen LogP contribution in [0.2, 0.25) is 0 Å². The van der Waals surface area contributed by atoms with E-state index in [4.69, 9.17) is 10.5 Å². The summed E-state index contributed by atoms with van der Waals surface area (Å²) < 4.78 is 5.41. The molecule has 2 fully saturated rings. The number of nitrogens with zero attached hydrogens (tertiary/aromatic N) is 1. The van der Waals surface area contributed by atoms with Gasteiger partial charge in [0.25, 0.3) is 0 Å². The molecule has 2 saturated heterocycles. The Bertz CT molecular complexity index is 231. The third kappa shape index (κ3) is 1.99. The smallest absolute Gasteiger partial charge is 0.0741 e. The lowest BCUT2D eigenvalue weighted by molar-refractivity contribution is -0.152. The molecule has 0 saturated carbocycles. The van der Waals surface area contributed by atoms with Crippen molar-refractivity contribution < 1.29 is 9.84 Å². The Labute approximate surface area is 97.7 Å². The predicted octanol–water partition coefficient (Wildman–Crippen LogP) is 0.199. The summed E-state index contributed by atoms with van der Waals surface area (Å²) in [5.74, 6) is 0. The van der Waals surface area contributed by atoms with E-state index in [1.807, 2.05) is 0 Å². The highest BCUT2D eigenvalue weighted by molar-refractivity contribution is 5.02. The average molecular weight is 228 g/mol. The molecule has 16 heavy (non-hydrogen) atoms. The molecular weight excluding hydrogens is 204 g/mol. The van der Waals surface area contributed by atoms with Crippen LogP contribution in [0.1, 0.15) is 25.7 Å². The first-order valence-corrected chi connectivity index (χ1v) is 6.31. The lowest BCUT2D eigenvalue weighted by Gasteiger charge is -2.52. The molecule has 3 N–H and O–H groups in total. The first-order chi connectivity index (χ1) is 7.62. The van der Waals surface area contributed by atoms with Crippen LogP contribution in [-0.4, -0.2) is 55.5 Å². The Hall–Kier alpha value is -0.160. The largest absolute Gasteiger partial charge is 0.389 e. The lowest BCUT2D eigenvalue weighted by atomic mass is 9.63. The minimum absolute atomic E-state index is 0.105. The second kappa shape index (κ2) is 4.61. The molecule has 94 valence electrons. The summed E-state index contributed by atoms with van der Waals surface area (Å²) in [6, 6.07) is 0. The maximum atomic E-state index is 10.9. The number of aliphatic hydroxyl groups is 1. The number of hydrogen-bond acceptors (Lipinski definition) is 4. The van der Waals surface area contributed by atoms with Crippen molar-refractivity contribution in [2.45, 2.75) is 31.3 Å². The summed E-state index contributed by atoms with van der Waals surface area (Å²) in [6.07, 6.45) is 3.51. The van der Waals surface area contributed by atoms with Crippen LogP contribution in [-0.2, 0) is 4.74 Å². The monoisotopic (exact) mass is 228 g/mol. The first-order valence-electron chi connectivity index (χ1n) is 6.31. The molecule has 0 aromatic heterocycles. The van der Waals surface area contributed by atoms with Gasteiger partial charge in [-0.3, -0.25) is 0 Å². The Morgan fingerprint density at radius 1 is 1.19 bits per heavy atom. The van der Waals surface area contributed by atoms with Gasteiger partial charge in [-0.1, -0.05) is 0 Å². The molecule has 2 rings (SSSR count). The zero-order valence-corrected chi connectivity index (χ0v) is 10.2. The molecule has 0 bridgehead atoms. The number of rotatable bonds is 2. The van der Waals surface area contributed by atoms with E-state index in [2.05, 4.69) is 11.9 Å². The standard InChI is InChI=1S/C12H24N2O2/c1-14-6-2-12(15,3-7-14)11(10-13)4-8-16-9-5-11/h15H,2-10,13H2,1H3. The highest BCUT2D eigenvalue weighted by Crippen LogP contribution is 2.45. The third-order valence-corrected chi connectivity index (χ3v) is 4.64. The summed E-state index contributed by atoms with van der Waals surface area (Å²) >= 11 is 0. The molecule has 0 atom stereocenters. The van der Waals surface area contributed by atoms with Gasteiger partial charge in [-0.05, 0) is 32.7 Å². The Balaban J connectivity index is 2.12. The summed E-state index contributed by atoms with van der Waals surface area (Å²) in [4.78, 5) is 2.28. The molecule has 2 heterocycles. The van der Waals surface area contributed by atoms with E-state index in [1.165, 1.54) is 0 Å². The number of ether oxygens (including phenoxy) is 1. The van der Waals surface area contributed by atoms with Crippen molar-refractivity contribution in [2.75, 3.05) is 39.9 Å². The van der Waals surface area contributed by atoms with E-state index in [-0.39, 0.29) is 5.41 Å². The maximum absolute atomic E-state index is 10.9. The van der Waals surface area contributed by atoms with Gasteiger partial charge in [-0.25, -0.2) is 0 Å². The van der Waals surface area contributed by atoms with Gasteiger partial charge < -0.3 is 20.5 Å². The van der Waals surface area contributed by atoms with Gasteiger partial charge in [0.2, 0.25) is 0 Å². The van der Waals surface area contributed by atoms with Crippen LogP contribution in [0, 0.1) is 5.41 Å². The summed E-state index contributed by atoms with van der Waals surface area (Å²) in [7, 11) is 2.11. The molecule has 0 spiro atoms. The van der Waals surface area contributed by atoms with Gasteiger partial charge in [0.15, 0.2) is 0 Å².